The van der Waals surface area contributed by atoms with E-state index in [-0.39, 0.29) is 0 Å². The van der Waals surface area contributed by atoms with Gasteiger partial charge in [0.25, 0.3) is 0 Å². The standard InChI is InChI=1S/C18H28N2O/c1-14-5-2-7-16(11-14)21-10-4-9-20-12-15-6-3-8-18(19)17(15)13-20/h2,5,7,11,15,17-18H,3-4,6,8-10,12-13,19H2,1H3. The van der Waals surface area contributed by atoms with Crippen LogP contribution in [0.1, 0.15) is 31.2 Å². The Morgan fingerprint density at radius 3 is 3.00 bits per heavy atom. The van der Waals surface area contributed by atoms with Crippen molar-refractivity contribution in [3.05, 3.63) is 29.8 Å². The lowest BCUT2D eigenvalue weighted by molar-refractivity contribution is 0.253. The minimum Gasteiger partial charge on any atom is -0.494 e. The van der Waals surface area contributed by atoms with Gasteiger partial charge in [0, 0.05) is 25.7 Å². The van der Waals surface area contributed by atoms with Crippen molar-refractivity contribution in [3.63, 3.8) is 0 Å². The number of fused-ring (bicyclic) bond motifs is 1. The van der Waals surface area contributed by atoms with Crippen molar-refractivity contribution in [3.8, 4) is 5.75 Å². The highest BCUT2D eigenvalue weighted by Gasteiger charge is 2.38. The number of benzene rings is 1. The van der Waals surface area contributed by atoms with Crippen LogP contribution in [0, 0.1) is 18.8 Å². The van der Waals surface area contributed by atoms with E-state index in [0.717, 1.165) is 37.2 Å². The molecule has 1 aromatic carbocycles. The molecule has 116 valence electrons. The van der Waals surface area contributed by atoms with Gasteiger partial charge in [0.15, 0.2) is 0 Å². The van der Waals surface area contributed by atoms with Gasteiger partial charge in [-0.05, 0) is 55.7 Å². The number of aryl methyl sites for hydroxylation is 1. The van der Waals surface area contributed by atoms with E-state index in [1.54, 1.807) is 0 Å². The summed E-state index contributed by atoms with van der Waals surface area (Å²) in [5.41, 5.74) is 7.53. The predicted octanol–water partition coefficient (Wildman–Crippen LogP) is 2.82. The molecule has 0 bridgehead atoms. The molecule has 1 heterocycles. The maximum atomic E-state index is 6.28. The molecule has 3 unspecified atom stereocenters. The maximum absolute atomic E-state index is 6.28. The summed E-state index contributed by atoms with van der Waals surface area (Å²) in [4.78, 5) is 2.60. The molecule has 2 fully saturated rings. The number of hydrogen-bond acceptors (Lipinski definition) is 3. The number of ether oxygens (including phenoxy) is 1. The lowest BCUT2D eigenvalue weighted by Gasteiger charge is -2.29. The fraction of sp³-hybridized carbons (Fsp3) is 0.667. The fourth-order valence-corrected chi connectivity index (χ4v) is 3.97. The second-order valence-electron chi connectivity index (χ2n) is 6.80. The van der Waals surface area contributed by atoms with Crippen molar-refractivity contribution in [1.29, 1.82) is 0 Å². The van der Waals surface area contributed by atoms with Crippen LogP contribution in [0.2, 0.25) is 0 Å². The molecule has 3 heteroatoms. The van der Waals surface area contributed by atoms with Crippen molar-refractivity contribution < 1.29 is 4.74 Å². The second kappa shape index (κ2) is 6.80. The summed E-state index contributed by atoms with van der Waals surface area (Å²) < 4.78 is 5.84. The Labute approximate surface area is 128 Å². The Morgan fingerprint density at radius 2 is 2.19 bits per heavy atom. The van der Waals surface area contributed by atoms with E-state index in [1.165, 1.54) is 37.9 Å². The largest absolute Gasteiger partial charge is 0.494 e. The topological polar surface area (TPSA) is 38.5 Å². The maximum Gasteiger partial charge on any atom is 0.119 e. The van der Waals surface area contributed by atoms with Gasteiger partial charge < -0.3 is 15.4 Å². The lowest BCUT2D eigenvalue weighted by atomic mass is 9.78. The van der Waals surface area contributed by atoms with Gasteiger partial charge >= 0.3 is 0 Å². The number of hydrogen-bond donors (Lipinski definition) is 1. The van der Waals surface area contributed by atoms with Crippen LogP contribution in [0.5, 0.6) is 5.75 Å². The zero-order chi connectivity index (χ0) is 14.7. The van der Waals surface area contributed by atoms with E-state index < -0.39 is 0 Å². The van der Waals surface area contributed by atoms with E-state index in [1.807, 2.05) is 6.07 Å². The molecule has 1 aromatic rings. The first-order valence-electron chi connectivity index (χ1n) is 8.40. The summed E-state index contributed by atoms with van der Waals surface area (Å²) in [7, 11) is 0. The first-order chi connectivity index (χ1) is 10.2. The van der Waals surface area contributed by atoms with Crippen LogP contribution < -0.4 is 10.5 Å². The minimum atomic E-state index is 0.442. The first-order valence-corrected chi connectivity index (χ1v) is 8.40. The highest BCUT2D eigenvalue weighted by atomic mass is 16.5. The molecule has 1 saturated heterocycles. The van der Waals surface area contributed by atoms with E-state index in [4.69, 9.17) is 10.5 Å². The number of nitrogens with two attached hydrogens (primary N) is 1. The molecule has 0 spiro atoms. The van der Waals surface area contributed by atoms with Crippen LogP contribution in [0.3, 0.4) is 0 Å². The van der Waals surface area contributed by atoms with Crippen LogP contribution in [-0.2, 0) is 0 Å². The monoisotopic (exact) mass is 288 g/mol. The van der Waals surface area contributed by atoms with E-state index in [2.05, 4.69) is 30.0 Å². The molecule has 3 rings (SSSR count). The minimum absolute atomic E-state index is 0.442. The van der Waals surface area contributed by atoms with Gasteiger partial charge in [-0.1, -0.05) is 18.6 Å². The molecule has 0 aromatic heterocycles. The molecule has 2 N–H and O–H groups in total. The van der Waals surface area contributed by atoms with Gasteiger partial charge in [0.2, 0.25) is 0 Å². The highest BCUT2D eigenvalue weighted by Crippen LogP contribution is 2.35. The Kier molecular flexibility index (Phi) is 4.81. The summed E-state index contributed by atoms with van der Waals surface area (Å²) in [6, 6.07) is 8.73. The molecule has 1 aliphatic heterocycles. The third-order valence-electron chi connectivity index (χ3n) is 5.11. The van der Waals surface area contributed by atoms with E-state index in [0.29, 0.717) is 6.04 Å². The van der Waals surface area contributed by atoms with Crippen molar-refractivity contribution >= 4 is 0 Å². The third kappa shape index (κ3) is 3.78. The lowest BCUT2D eigenvalue weighted by Crippen LogP contribution is -2.38. The molecule has 2 aliphatic rings. The number of rotatable bonds is 5. The second-order valence-corrected chi connectivity index (χ2v) is 6.80. The summed E-state index contributed by atoms with van der Waals surface area (Å²) in [6.07, 6.45) is 5.04. The Bertz CT molecular complexity index is 462. The zero-order valence-electron chi connectivity index (χ0n) is 13.1. The molecule has 0 amide bonds. The predicted molar refractivity (Wildman–Crippen MR) is 86.5 cm³/mol. The SMILES string of the molecule is Cc1cccc(OCCCN2CC3CCCC(N)C3C2)c1. The Hall–Kier alpha value is -1.06. The average Bonchev–Trinajstić information content (AvgIpc) is 2.88. The van der Waals surface area contributed by atoms with E-state index >= 15 is 0 Å². The average molecular weight is 288 g/mol. The smallest absolute Gasteiger partial charge is 0.119 e. The molecule has 3 nitrogen and oxygen atoms in total. The normalized spacial score (nSPS) is 29.3. The number of nitrogens with zero attached hydrogens (tertiary/aromatic N) is 1. The summed E-state index contributed by atoms with van der Waals surface area (Å²) in [5.74, 6) is 2.59. The summed E-state index contributed by atoms with van der Waals surface area (Å²) >= 11 is 0. The van der Waals surface area contributed by atoms with Crippen molar-refractivity contribution in [1.82, 2.24) is 4.90 Å². The quantitative estimate of drug-likeness (QED) is 0.847. The summed E-state index contributed by atoms with van der Waals surface area (Å²) in [6.45, 7) is 6.51. The number of likely N-dealkylation sites (tertiary alicyclic amines) is 1. The zero-order valence-corrected chi connectivity index (χ0v) is 13.1. The van der Waals surface area contributed by atoms with Gasteiger partial charge in [0.1, 0.15) is 5.75 Å². The van der Waals surface area contributed by atoms with Crippen LogP contribution in [0.15, 0.2) is 24.3 Å². The molecular formula is C18H28N2O. The van der Waals surface area contributed by atoms with Gasteiger partial charge in [-0.2, -0.15) is 0 Å². The van der Waals surface area contributed by atoms with Crippen molar-refractivity contribution in [2.75, 3.05) is 26.2 Å². The Morgan fingerprint density at radius 1 is 1.29 bits per heavy atom. The summed E-state index contributed by atoms with van der Waals surface area (Å²) in [5, 5.41) is 0. The van der Waals surface area contributed by atoms with Gasteiger partial charge in [-0.3, -0.25) is 0 Å². The highest BCUT2D eigenvalue weighted by molar-refractivity contribution is 5.27. The van der Waals surface area contributed by atoms with Crippen LogP contribution in [0.25, 0.3) is 0 Å². The van der Waals surface area contributed by atoms with Crippen molar-refractivity contribution in [2.45, 2.75) is 38.6 Å². The molecular weight excluding hydrogens is 260 g/mol. The molecule has 3 atom stereocenters. The van der Waals surface area contributed by atoms with Crippen LogP contribution in [-0.4, -0.2) is 37.2 Å². The van der Waals surface area contributed by atoms with Crippen molar-refractivity contribution in [2.24, 2.45) is 17.6 Å². The molecule has 21 heavy (non-hydrogen) atoms. The van der Waals surface area contributed by atoms with E-state index in [9.17, 15) is 0 Å². The first kappa shape index (κ1) is 14.9. The molecule has 1 aliphatic carbocycles. The van der Waals surface area contributed by atoms with Gasteiger partial charge in [0.05, 0.1) is 6.61 Å². The van der Waals surface area contributed by atoms with Crippen LogP contribution in [0.4, 0.5) is 0 Å². The van der Waals surface area contributed by atoms with Gasteiger partial charge in [-0.15, -0.1) is 0 Å². The van der Waals surface area contributed by atoms with Gasteiger partial charge in [-0.25, -0.2) is 0 Å². The third-order valence-corrected chi connectivity index (χ3v) is 5.11. The van der Waals surface area contributed by atoms with Crippen LogP contribution >= 0.6 is 0 Å². The molecule has 1 saturated carbocycles. The molecule has 0 radical (unpaired) electrons. The Balaban J connectivity index is 1.38. The fourth-order valence-electron chi connectivity index (χ4n) is 3.97.